The van der Waals surface area contributed by atoms with Crippen molar-refractivity contribution in [2.45, 2.75) is 50.0 Å². The van der Waals surface area contributed by atoms with Crippen LogP contribution in [0.2, 0.25) is 0 Å². The molecular weight excluding hydrogens is 484 g/mol. The molecule has 0 aromatic heterocycles. The second-order valence-corrected chi connectivity index (χ2v) is 8.98. The smallest absolute Gasteiger partial charge is 0.326 e. The number of hydrogen-bond acceptors (Lipinski definition) is 9. The number of nitrogens with one attached hydrogen (secondary N) is 3. The molecule has 0 aliphatic heterocycles. The van der Waals surface area contributed by atoms with Crippen molar-refractivity contribution in [3.63, 3.8) is 0 Å². The van der Waals surface area contributed by atoms with Gasteiger partial charge >= 0.3 is 5.97 Å². The van der Waals surface area contributed by atoms with Crippen molar-refractivity contribution >= 4 is 48.1 Å². The minimum absolute atomic E-state index is 0.00702. The predicted octanol–water partition coefficient (Wildman–Crippen LogP) is -1.14. The van der Waals surface area contributed by atoms with Crippen LogP contribution < -0.4 is 21.7 Å². The molecule has 0 aliphatic carbocycles. The van der Waals surface area contributed by atoms with Crippen molar-refractivity contribution in [1.82, 2.24) is 16.0 Å². The van der Waals surface area contributed by atoms with Crippen LogP contribution in [0, 0.1) is 0 Å². The van der Waals surface area contributed by atoms with Crippen LogP contribution in [0.15, 0.2) is 24.3 Å². The Labute approximate surface area is 207 Å². The molecule has 11 nitrogen and oxygen atoms in total. The average Bonchev–Trinajstić information content (AvgIpc) is 2.79. The minimum atomic E-state index is -1.49. The number of carbonyl (C=O) groups is 4. The summed E-state index contributed by atoms with van der Waals surface area (Å²) in [6, 6.07) is 0.988. The average molecular weight is 517 g/mol. The van der Waals surface area contributed by atoms with Crippen molar-refractivity contribution in [3.8, 4) is 5.75 Å². The van der Waals surface area contributed by atoms with E-state index in [0.29, 0.717) is 17.7 Å². The number of rotatable bonds is 14. The number of thioether (sulfide) groups is 1. The molecule has 3 amide bonds. The van der Waals surface area contributed by atoms with E-state index >= 15 is 0 Å². The Balaban J connectivity index is 2.84. The number of carboxylic acid groups (broad SMARTS) is 1. The molecular formula is C21H32N4O7S2. The summed E-state index contributed by atoms with van der Waals surface area (Å²) in [5, 5.41) is 36.0. The van der Waals surface area contributed by atoms with Crippen molar-refractivity contribution < 1.29 is 34.5 Å². The van der Waals surface area contributed by atoms with E-state index < -0.39 is 54.0 Å². The number of carbonyl (C=O) groups excluding carboxylic acids is 3. The standard InChI is InChI=1S/C21H32N4O7S2/c1-11(26)17(25-19(29)16(10-33)24-18(28)14(22)7-8-34-2)20(30)23-15(21(31)32)9-12-3-5-13(27)6-4-12/h3-6,11,14-17,26-27,33H,7-10,22H2,1-2H3,(H,23,30)(H,24,28)(H,25,29)(H,31,32). The molecule has 0 radical (unpaired) electrons. The monoisotopic (exact) mass is 516 g/mol. The molecule has 1 aromatic rings. The van der Waals surface area contributed by atoms with Crippen LogP contribution >= 0.6 is 24.4 Å². The number of thiol groups is 1. The lowest BCUT2D eigenvalue weighted by molar-refractivity contribution is -0.143. The first-order valence-electron chi connectivity index (χ1n) is 10.4. The highest BCUT2D eigenvalue weighted by molar-refractivity contribution is 7.98. The third-order valence-electron chi connectivity index (χ3n) is 4.84. The fourth-order valence-electron chi connectivity index (χ4n) is 2.84. The third-order valence-corrected chi connectivity index (χ3v) is 5.85. The summed E-state index contributed by atoms with van der Waals surface area (Å²) in [4.78, 5) is 49.3. The number of amides is 3. The van der Waals surface area contributed by atoms with Gasteiger partial charge in [-0.3, -0.25) is 14.4 Å². The third kappa shape index (κ3) is 9.79. The van der Waals surface area contributed by atoms with Crippen LogP contribution in [0.25, 0.3) is 0 Å². The van der Waals surface area contributed by atoms with E-state index in [-0.39, 0.29) is 17.9 Å². The fraction of sp³-hybridized carbons (Fsp3) is 0.524. The maximum atomic E-state index is 12.7. The Kier molecular flexibility index (Phi) is 12.8. The number of hydrogen-bond donors (Lipinski definition) is 8. The van der Waals surface area contributed by atoms with Crippen molar-refractivity contribution in [1.29, 1.82) is 0 Å². The molecule has 13 heteroatoms. The van der Waals surface area contributed by atoms with Gasteiger partial charge in [0.2, 0.25) is 17.7 Å². The highest BCUT2D eigenvalue weighted by Gasteiger charge is 2.32. The predicted molar refractivity (Wildman–Crippen MR) is 132 cm³/mol. The molecule has 1 aromatic carbocycles. The summed E-state index contributed by atoms with van der Waals surface area (Å²) >= 11 is 5.58. The summed E-state index contributed by atoms with van der Waals surface area (Å²) in [6.45, 7) is 1.26. The fourth-order valence-corrected chi connectivity index (χ4v) is 3.58. The number of aromatic hydroxyl groups is 1. The maximum absolute atomic E-state index is 12.7. The summed E-state index contributed by atoms with van der Waals surface area (Å²) in [5.74, 6) is -3.02. The minimum Gasteiger partial charge on any atom is -0.508 e. The lowest BCUT2D eigenvalue weighted by Crippen LogP contribution is -2.60. The summed E-state index contributed by atoms with van der Waals surface area (Å²) in [5.41, 5.74) is 6.34. The van der Waals surface area contributed by atoms with Gasteiger partial charge in [0.15, 0.2) is 0 Å². The topological polar surface area (TPSA) is 191 Å². The number of phenols is 1. The number of benzene rings is 1. The quantitative estimate of drug-likeness (QED) is 0.141. The highest BCUT2D eigenvalue weighted by atomic mass is 32.2. The molecule has 0 saturated carbocycles. The van der Waals surface area contributed by atoms with E-state index in [0.717, 1.165) is 0 Å². The van der Waals surface area contributed by atoms with Crippen LogP contribution in [0.5, 0.6) is 5.75 Å². The first-order chi connectivity index (χ1) is 16.0. The van der Waals surface area contributed by atoms with Gasteiger partial charge < -0.3 is 37.0 Å². The SMILES string of the molecule is CSCCC(N)C(=O)NC(CS)C(=O)NC(C(=O)NC(Cc1ccc(O)cc1)C(=O)O)C(C)O. The lowest BCUT2D eigenvalue weighted by Gasteiger charge is -2.26. The number of aliphatic hydroxyl groups is 1. The molecule has 0 saturated heterocycles. The van der Waals surface area contributed by atoms with E-state index in [9.17, 15) is 34.5 Å². The Morgan fingerprint density at radius 3 is 2.12 bits per heavy atom. The zero-order chi connectivity index (χ0) is 25.8. The zero-order valence-corrected chi connectivity index (χ0v) is 20.6. The summed E-state index contributed by atoms with van der Waals surface area (Å²) < 4.78 is 0. The van der Waals surface area contributed by atoms with Gasteiger partial charge in [-0.2, -0.15) is 24.4 Å². The molecule has 190 valence electrons. The first-order valence-corrected chi connectivity index (χ1v) is 12.5. The summed E-state index contributed by atoms with van der Waals surface area (Å²) in [6.07, 6.45) is 0.817. The van der Waals surface area contributed by atoms with Gasteiger partial charge in [0.05, 0.1) is 12.1 Å². The van der Waals surface area contributed by atoms with E-state index in [4.69, 9.17) is 5.73 Å². The molecule has 34 heavy (non-hydrogen) atoms. The van der Waals surface area contributed by atoms with E-state index in [2.05, 4.69) is 28.6 Å². The first kappa shape index (κ1) is 29.6. The normalized spacial score (nSPS) is 15.3. The molecule has 1 rings (SSSR count). The summed E-state index contributed by atoms with van der Waals surface area (Å²) in [7, 11) is 0. The number of nitrogens with two attached hydrogens (primary N) is 1. The Morgan fingerprint density at radius 2 is 1.62 bits per heavy atom. The van der Waals surface area contributed by atoms with Gasteiger partial charge in [0.1, 0.15) is 23.9 Å². The molecule has 8 N–H and O–H groups in total. The van der Waals surface area contributed by atoms with Gasteiger partial charge in [0.25, 0.3) is 0 Å². The Bertz CT molecular complexity index is 839. The van der Waals surface area contributed by atoms with Gasteiger partial charge in [-0.15, -0.1) is 0 Å². The maximum Gasteiger partial charge on any atom is 0.326 e. The second kappa shape index (κ2) is 14.7. The molecule has 0 bridgehead atoms. The highest BCUT2D eigenvalue weighted by Crippen LogP contribution is 2.12. The number of carboxylic acids is 1. The largest absolute Gasteiger partial charge is 0.508 e. The molecule has 0 fully saturated rings. The van der Waals surface area contributed by atoms with Crippen LogP contribution in [0.1, 0.15) is 18.9 Å². The molecule has 0 heterocycles. The van der Waals surface area contributed by atoms with Crippen molar-refractivity contribution in [2.75, 3.05) is 17.8 Å². The van der Waals surface area contributed by atoms with Crippen LogP contribution in [-0.2, 0) is 25.6 Å². The van der Waals surface area contributed by atoms with Crippen LogP contribution in [-0.4, -0.2) is 87.0 Å². The van der Waals surface area contributed by atoms with E-state index in [1.165, 1.54) is 43.0 Å². The van der Waals surface area contributed by atoms with Gasteiger partial charge in [-0.05, 0) is 43.0 Å². The number of aliphatic hydroxyl groups excluding tert-OH is 1. The van der Waals surface area contributed by atoms with E-state index in [1.54, 1.807) is 0 Å². The van der Waals surface area contributed by atoms with Crippen LogP contribution in [0.4, 0.5) is 0 Å². The lowest BCUT2D eigenvalue weighted by atomic mass is 10.0. The molecule has 5 unspecified atom stereocenters. The zero-order valence-electron chi connectivity index (χ0n) is 18.9. The van der Waals surface area contributed by atoms with Gasteiger partial charge in [-0.25, -0.2) is 4.79 Å². The number of aliphatic carboxylic acids is 1. The molecule has 5 atom stereocenters. The van der Waals surface area contributed by atoms with Gasteiger partial charge in [-0.1, -0.05) is 12.1 Å². The van der Waals surface area contributed by atoms with Gasteiger partial charge in [0, 0.05) is 12.2 Å². The molecule has 0 aliphatic rings. The van der Waals surface area contributed by atoms with Crippen LogP contribution in [0.3, 0.4) is 0 Å². The molecule has 0 spiro atoms. The number of phenolic OH excluding ortho intramolecular Hbond substituents is 1. The Morgan fingerprint density at radius 1 is 1.03 bits per heavy atom. The van der Waals surface area contributed by atoms with Crippen molar-refractivity contribution in [3.05, 3.63) is 29.8 Å². The second-order valence-electron chi connectivity index (χ2n) is 7.63. The van der Waals surface area contributed by atoms with E-state index in [1.807, 2.05) is 6.26 Å². The Hall–Kier alpha value is -2.48. The van der Waals surface area contributed by atoms with Crippen molar-refractivity contribution in [2.24, 2.45) is 5.73 Å².